The highest BCUT2D eigenvalue weighted by atomic mass is 32.2. The molecule has 0 unspecified atom stereocenters. The Labute approximate surface area is 197 Å². The number of rotatable bonds is 9. The van der Waals surface area contributed by atoms with Crippen molar-refractivity contribution in [2.24, 2.45) is 5.10 Å². The molecule has 0 bridgehead atoms. The summed E-state index contributed by atoms with van der Waals surface area (Å²) in [4.78, 5) is 23.9. The second kappa shape index (κ2) is 10.6. The summed E-state index contributed by atoms with van der Waals surface area (Å²) in [5.74, 6) is -0.698. The predicted octanol–water partition coefficient (Wildman–Crippen LogP) is 3.48. The summed E-state index contributed by atoms with van der Waals surface area (Å²) in [6, 6.07) is 20.4. The third-order valence-electron chi connectivity index (χ3n) is 4.73. The van der Waals surface area contributed by atoms with Crippen LogP contribution in [-0.2, 0) is 14.8 Å². The van der Waals surface area contributed by atoms with Crippen LogP contribution in [0.3, 0.4) is 0 Å². The van der Waals surface area contributed by atoms with E-state index in [1.54, 1.807) is 36.4 Å². The molecule has 9 nitrogen and oxygen atoms in total. The van der Waals surface area contributed by atoms with Crippen LogP contribution in [0.15, 0.2) is 84.0 Å². The standard InChI is InChI=1S/C24H23N3O6S/c1-17(23(28)26-25-16-18-8-6-7-11-22(18)24(29)30)27(34(2,31)32)19-12-14-21(15-13-19)33-20-9-4-3-5-10-20/h3-17H,1-2H3,(H,26,28)(H,29,30)/b25-16-/t17-/m1/s1. The molecular weight excluding hydrogens is 458 g/mol. The Morgan fingerprint density at radius 1 is 0.971 bits per heavy atom. The van der Waals surface area contributed by atoms with Crippen molar-refractivity contribution in [3.8, 4) is 11.5 Å². The molecule has 34 heavy (non-hydrogen) atoms. The van der Waals surface area contributed by atoms with Crippen molar-refractivity contribution in [1.82, 2.24) is 5.43 Å². The quantitative estimate of drug-likeness (QED) is 0.356. The van der Waals surface area contributed by atoms with Gasteiger partial charge in [0.2, 0.25) is 10.0 Å². The van der Waals surface area contributed by atoms with Crippen LogP contribution in [0.2, 0.25) is 0 Å². The van der Waals surface area contributed by atoms with Crippen LogP contribution >= 0.6 is 0 Å². The van der Waals surface area contributed by atoms with E-state index in [-0.39, 0.29) is 16.8 Å². The minimum atomic E-state index is -3.83. The molecule has 3 aromatic carbocycles. The van der Waals surface area contributed by atoms with Crippen molar-refractivity contribution >= 4 is 33.8 Å². The van der Waals surface area contributed by atoms with E-state index in [0.29, 0.717) is 11.5 Å². The minimum absolute atomic E-state index is 0.0177. The second-order valence-electron chi connectivity index (χ2n) is 7.27. The zero-order valence-electron chi connectivity index (χ0n) is 18.5. The van der Waals surface area contributed by atoms with Crippen LogP contribution in [0, 0.1) is 0 Å². The molecule has 0 aliphatic rings. The molecule has 0 radical (unpaired) electrons. The number of ether oxygens (including phenoxy) is 1. The topological polar surface area (TPSA) is 125 Å². The van der Waals surface area contributed by atoms with Gasteiger partial charge in [0.1, 0.15) is 17.5 Å². The predicted molar refractivity (Wildman–Crippen MR) is 129 cm³/mol. The van der Waals surface area contributed by atoms with Crippen LogP contribution < -0.4 is 14.5 Å². The fourth-order valence-electron chi connectivity index (χ4n) is 3.16. The third-order valence-corrected chi connectivity index (χ3v) is 5.97. The van der Waals surface area contributed by atoms with Crippen molar-refractivity contribution in [1.29, 1.82) is 0 Å². The van der Waals surface area contributed by atoms with E-state index in [2.05, 4.69) is 10.5 Å². The Balaban J connectivity index is 1.75. The maximum atomic E-state index is 12.6. The molecule has 2 N–H and O–H groups in total. The molecule has 0 heterocycles. The van der Waals surface area contributed by atoms with Gasteiger partial charge in [-0.3, -0.25) is 9.10 Å². The van der Waals surface area contributed by atoms with Gasteiger partial charge in [-0.1, -0.05) is 36.4 Å². The largest absolute Gasteiger partial charge is 0.478 e. The van der Waals surface area contributed by atoms with E-state index in [4.69, 9.17) is 4.74 Å². The molecule has 3 aromatic rings. The van der Waals surface area contributed by atoms with Gasteiger partial charge in [-0.2, -0.15) is 5.10 Å². The van der Waals surface area contributed by atoms with Crippen LogP contribution in [-0.4, -0.2) is 43.9 Å². The van der Waals surface area contributed by atoms with Gasteiger partial charge in [0, 0.05) is 5.56 Å². The summed E-state index contributed by atoms with van der Waals surface area (Å²) >= 11 is 0. The molecule has 1 atom stereocenters. The molecule has 0 saturated carbocycles. The average Bonchev–Trinajstić information content (AvgIpc) is 2.80. The molecule has 1 amide bonds. The fourth-order valence-corrected chi connectivity index (χ4v) is 4.33. The SMILES string of the molecule is C[C@H](C(=O)N/N=C\c1ccccc1C(=O)O)N(c1ccc(Oc2ccccc2)cc1)S(C)(=O)=O. The molecule has 0 fully saturated rings. The lowest BCUT2D eigenvalue weighted by atomic mass is 10.1. The van der Waals surface area contributed by atoms with E-state index < -0.39 is 27.9 Å². The normalized spacial score (nSPS) is 12.2. The number of carboxylic acids is 1. The van der Waals surface area contributed by atoms with Gasteiger partial charge in [0.15, 0.2) is 0 Å². The zero-order chi connectivity index (χ0) is 24.7. The summed E-state index contributed by atoms with van der Waals surface area (Å²) in [5.41, 5.74) is 2.85. The first-order valence-corrected chi connectivity index (χ1v) is 12.0. The van der Waals surface area contributed by atoms with Crippen molar-refractivity contribution in [2.75, 3.05) is 10.6 Å². The van der Waals surface area contributed by atoms with Crippen LogP contribution in [0.4, 0.5) is 5.69 Å². The zero-order valence-corrected chi connectivity index (χ0v) is 19.3. The maximum absolute atomic E-state index is 12.6. The number of carbonyl (C=O) groups excluding carboxylic acids is 1. The van der Waals surface area contributed by atoms with Gasteiger partial charge < -0.3 is 9.84 Å². The Kier molecular flexibility index (Phi) is 7.64. The van der Waals surface area contributed by atoms with Gasteiger partial charge in [0.25, 0.3) is 5.91 Å². The first kappa shape index (κ1) is 24.5. The molecule has 176 valence electrons. The summed E-state index contributed by atoms with van der Waals surface area (Å²) in [6.07, 6.45) is 2.19. The number of nitrogens with zero attached hydrogens (tertiary/aromatic N) is 2. The Hall–Kier alpha value is -4.18. The molecule has 10 heteroatoms. The van der Waals surface area contributed by atoms with E-state index in [9.17, 15) is 23.1 Å². The monoisotopic (exact) mass is 481 g/mol. The Morgan fingerprint density at radius 2 is 1.56 bits per heavy atom. The fraction of sp³-hybridized carbons (Fsp3) is 0.125. The number of carboxylic acid groups (broad SMARTS) is 1. The van der Waals surface area contributed by atoms with Crippen molar-refractivity contribution in [2.45, 2.75) is 13.0 Å². The maximum Gasteiger partial charge on any atom is 0.336 e. The number of para-hydroxylation sites is 1. The first-order valence-electron chi connectivity index (χ1n) is 10.1. The molecule has 0 aliphatic heterocycles. The number of benzene rings is 3. The third kappa shape index (κ3) is 6.20. The van der Waals surface area contributed by atoms with Gasteiger partial charge >= 0.3 is 5.97 Å². The van der Waals surface area contributed by atoms with Gasteiger partial charge in [-0.05, 0) is 49.4 Å². The van der Waals surface area contributed by atoms with Gasteiger partial charge in [-0.25, -0.2) is 18.6 Å². The molecular formula is C24H23N3O6S. The first-order chi connectivity index (χ1) is 16.2. The number of hydrogen-bond acceptors (Lipinski definition) is 6. The second-order valence-corrected chi connectivity index (χ2v) is 9.13. The van der Waals surface area contributed by atoms with Crippen LogP contribution in [0.25, 0.3) is 0 Å². The van der Waals surface area contributed by atoms with E-state index >= 15 is 0 Å². The number of hydrogen-bond donors (Lipinski definition) is 2. The highest BCUT2D eigenvalue weighted by molar-refractivity contribution is 7.92. The molecule has 0 aliphatic carbocycles. The Bertz CT molecular complexity index is 1290. The number of aromatic carboxylic acids is 1. The highest BCUT2D eigenvalue weighted by Crippen LogP contribution is 2.26. The number of amides is 1. The van der Waals surface area contributed by atoms with Crippen LogP contribution in [0.5, 0.6) is 11.5 Å². The van der Waals surface area contributed by atoms with E-state index in [1.807, 2.05) is 18.2 Å². The molecule has 0 aromatic heterocycles. The number of nitrogens with one attached hydrogen (secondary N) is 1. The van der Waals surface area contributed by atoms with Gasteiger partial charge in [-0.15, -0.1) is 0 Å². The van der Waals surface area contributed by atoms with E-state index in [0.717, 1.165) is 10.6 Å². The summed E-state index contributed by atoms with van der Waals surface area (Å²) < 4.78 is 31.6. The summed E-state index contributed by atoms with van der Waals surface area (Å²) in [6.45, 7) is 1.42. The summed E-state index contributed by atoms with van der Waals surface area (Å²) in [5, 5.41) is 13.0. The smallest absolute Gasteiger partial charge is 0.336 e. The van der Waals surface area contributed by atoms with Crippen molar-refractivity contribution in [3.63, 3.8) is 0 Å². The number of anilines is 1. The number of sulfonamides is 1. The van der Waals surface area contributed by atoms with Crippen molar-refractivity contribution in [3.05, 3.63) is 90.0 Å². The summed E-state index contributed by atoms with van der Waals surface area (Å²) in [7, 11) is -3.83. The van der Waals surface area contributed by atoms with Crippen molar-refractivity contribution < 1.29 is 27.9 Å². The highest BCUT2D eigenvalue weighted by Gasteiger charge is 2.29. The van der Waals surface area contributed by atoms with Crippen LogP contribution in [0.1, 0.15) is 22.8 Å². The molecule has 3 rings (SSSR count). The molecule has 0 spiro atoms. The lowest BCUT2D eigenvalue weighted by Crippen LogP contribution is -2.46. The lowest BCUT2D eigenvalue weighted by Gasteiger charge is -2.27. The van der Waals surface area contributed by atoms with Gasteiger partial charge in [0.05, 0.1) is 23.7 Å². The minimum Gasteiger partial charge on any atom is -0.478 e. The number of hydrazone groups is 1. The lowest BCUT2D eigenvalue weighted by molar-refractivity contribution is -0.121. The Morgan fingerprint density at radius 3 is 2.18 bits per heavy atom. The van der Waals surface area contributed by atoms with E-state index in [1.165, 1.54) is 37.4 Å². The number of carbonyl (C=O) groups is 2. The average molecular weight is 482 g/mol. The molecule has 0 saturated heterocycles.